The number of nitrogens with zero attached hydrogens (tertiary/aromatic N) is 4. The Labute approximate surface area is 127 Å². The van der Waals surface area contributed by atoms with Crippen LogP contribution < -0.4 is 11.1 Å². The van der Waals surface area contributed by atoms with Crippen LogP contribution >= 0.6 is 0 Å². The predicted octanol–water partition coefficient (Wildman–Crippen LogP) is -0.171. The molecule has 1 aliphatic rings. The van der Waals surface area contributed by atoms with Crippen LogP contribution in [0.15, 0.2) is 17.5 Å². The lowest BCUT2D eigenvalue weighted by Gasteiger charge is -2.32. The second kappa shape index (κ2) is 6.83. The van der Waals surface area contributed by atoms with Gasteiger partial charge in [-0.1, -0.05) is 5.16 Å². The van der Waals surface area contributed by atoms with Crippen molar-refractivity contribution in [2.45, 2.75) is 25.8 Å². The van der Waals surface area contributed by atoms with Crippen LogP contribution in [0.2, 0.25) is 0 Å². The summed E-state index contributed by atoms with van der Waals surface area (Å²) in [6.45, 7) is 2.58. The molecule has 1 aromatic heterocycles. The van der Waals surface area contributed by atoms with Gasteiger partial charge in [-0.05, 0) is 19.8 Å². The Balaban J connectivity index is 1.91. The van der Waals surface area contributed by atoms with E-state index in [1.165, 1.54) is 19.3 Å². The third kappa shape index (κ3) is 3.68. The van der Waals surface area contributed by atoms with Gasteiger partial charge in [-0.15, -0.1) is 0 Å². The van der Waals surface area contributed by atoms with Crippen LogP contribution in [-0.2, 0) is 4.79 Å². The van der Waals surface area contributed by atoms with Crippen LogP contribution in [0.25, 0.3) is 0 Å². The number of oxime groups is 1. The summed E-state index contributed by atoms with van der Waals surface area (Å²) >= 11 is 0. The highest BCUT2D eigenvalue weighted by atomic mass is 16.4. The molecule has 9 nitrogen and oxygen atoms in total. The van der Waals surface area contributed by atoms with Crippen molar-refractivity contribution in [3.63, 3.8) is 0 Å². The summed E-state index contributed by atoms with van der Waals surface area (Å²) in [6.07, 6.45) is 2.73. The minimum atomic E-state index is -0.607. The van der Waals surface area contributed by atoms with Crippen LogP contribution in [0.5, 0.6) is 0 Å². The highest BCUT2D eigenvalue weighted by Gasteiger charge is 2.24. The maximum atomic E-state index is 11.9. The van der Waals surface area contributed by atoms with Crippen molar-refractivity contribution in [1.29, 1.82) is 0 Å². The van der Waals surface area contributed by atoms with Gasteiger partial charge in [0.1, 0.15) is 23.6 Å². The zero-order chi connectivity index (χ0) is 16.1. The third-order valence-electron chi connectivity index (χ3n) is 3.51. The number of likely N-dealkylation sites (tertiary alicyclic amines) is 1. The highest BCUT2D eigenvalue weighted by Crippen LogP contribution is 2.15. The summed E-state index contributed by atoms with van der Waals surface area (Å²) in [6, 6.07) is 1.63. The molecule has 9 heteroatoms. The minimum absolute atomic E-state index is 0.0771. The van der Waals surface area contributed by atoms with Crippen LogP contribution in [0, 0.1) is 0 Å². The van der Waals surface area contributed by atoms with E-state index < -0.39 is 5.91 Å². The molecule has 0 aromatic carbocycles. The molecule has 1 saturated heterocycles. The van der Waals surface area contributed by atoms with E-state index in [1.807, 2.05) is 0 Å². The Morgan fingerprint density at radius 3 is 2.68 bits per heavy atom. The highest BCUT2D eigenvalue weighted by molar-refractivity contribution is 6.37. The molecule has 118 valence electrons. The van der Waals surface area contributed by atoms with Gasteiger partial charge in [0.05, 0.1) is 0 Å². The lowest BCUT2D eigenvalue weighted by atomic mass is 10.0. The number of hydrogen-bond acceptors (Lipinski definition) is 7. The topological polar surface area (TPSA) is 134 Å². The Morgan fingerprint density at radius 1 is 1.41 bits per heavy atom. The molecular formula is C13H18N6O3. The van der Waals surface area contributed by atoms with E-state index in [0.717, 1.165) is 12.8 Å². The molecule has 0 aliphatic carbocycles. The molecule has 0 spiro atoms. The van der Waals surface area contributed by atoms with Gasteiger partial charge in [-0.2, -0.15) is 0 Å². The van der Waals surface area contributed by atoms with Crippen LogP contribution in [0.1, 0.15) is 30.3 Å². The molecule has 1 aliphatic heterocycles. The summed E-state index contributed by atoms with van der Waals surface area (Å²) in [5.41, 5.74) is 5.41. The SMILES string of the molecule is CC(=NO)C(=O)N1CCC(Nc2cc(C(N)=O)ncn2)CC1. The van der Waals surface area contributed by atoms with Crippen molar-refractivity contribution in [3.05, 3.63) is 18.1 Å². The molecule has 2 heterocycles. The van der Waals surface area contributed by atoms with Crippen molar-refractivity contribution >= 4 is 23.3 Å². The first kappa shape index (κ1) is 15.7. The van der Waals surface area contributed by atoms with Crippen molar-refractivity contribution in [1.82, 2.24) is 14.9 Å². The van der Waals surface area contributed by atoms with Crippen LogP contribution in [0.4, 0.5) is 5.82 Å². The van der Waals surface area contributed by atoms with E-state index in [2.05, 4.69) is 20.4 Å². The molecule has 4 N–H and O–H groups in total. The molecule has 0 unspecified atom stereocenters. The average Bonchev–Trinajstić information content (AvgIpc) is 2.54. The maximum Gasteiger partial charge on any atom is 0.271 e. The number of aromatic nitrogens is 2. The van der Waals surface area contributed by atoms with Crippen molar-refractivity contribution in [3.8, 4) is 0 Å². The van der Waals surface area contributed by atoms with Crippen molar-refractivity contribution < 1.29 is 14.8 Å². The minimum Gasteiger partial charge on any atom is -0.410 e. The zero-order valence-electron chi connectivity index (χ0n) is 12.2. The fourth-order valence-electron chi connectivity index (χ4n) is 2.28. The number of carbonyl (C=O) groups is 2. The Kier molecular flexibility index (Phi) is 4.87. The molecule has 0 saturated carbocycles. The van der Waals surface area contributed by atoms with Crippen LogP contribution in [-0.4, -0.2) is 56.7 Å². The van der Waals surface area contributed by atoms with Gasteiger partial charge in [-0.3, -0.25) is 9.59 Å². The molecule has 2 amide bonds. The van der Waals surface area contributed by atoms with Crippen molar-refractivity contribution in [2.24, 2.45) is 10.9 Å². The third-order valence-corrected chi connectivity index (χ3v) is 3.51. The van der Waals surface area contributed by atoms with Gasteiger partial charge in [0.2, 0.25) is 0 Å². The molecule has 22 heavy (non-hydrogen) atoms. The number of nitrogens with two attached hydrogens (primary N) is 1. The Bertz CT molecular complexity index is 595. The summed E-state index contributed by atoms with van der Waals surface area (Å²) in [5, 5.41) is 14.8. The Hall–Kier alpha value is -2.71. The summed E-state index contributed by atoms with van der Waals surface area (Å²) < 4.78 is 0. The first-order valence-electron chi connectivity index (χ1n) is 6.87. The van der Waals surface area contributed by atoms with Gasteiger partial charge < -0.3 is 21.2 Å². The zero-order valence-corrected chi connectivity index (χ0v) is 12.2. The first-order chi connectivity index (χ1) is 10.5. The average molecular weight is 306 g/mol. The molecule has 2 rings (SSSR count). The number of primary amides is 1. The fraction of sp³-hybridized carbons (Fsp3) is 0.462. The molecule has 0 bridgehead atoms. The lowest BCUT2D eigenvalue weighted by molar-refractivity contribution is -0.125. The van der Waals surface area contributed by atoms with Gasteiger partial charge in [0.15, 0.2) is 0 Å². The van der Waals surface area contributed by atoms with E-state index in [0.29, 0.717) is 18.9 Å². The first-order valence-corrected chi connectivity index (χ1v) is 6.87. The Morgan fingerprint density at radius 2 is 2.09 bits per heavy atom. The smallest absolute Gasteiger partial charge is 0.271 e. The van der Waals surface area contributed by atoms with E-state index in [1.54, 1.807) is 4.90 Å². The van der Waals surface area contributed by atoms with Crippen LogP contribution in [0.3, 0.4) is 0 Å². The van der Waals surface area contributed by atoms with E-state index in [9.17, 15) is 9.59 Å². The second-order valence-corrected chi connectivity index (χ2v) is 5.05. The lowest BCUT2D eigenvalue weighted by Crippen LogP contribution is -2.44. The fourth-order valence-corrected chi connectivity index (χ4v) is 2.28. The molecular weight excluding hydrogens is 288 g/mol. The van der Waals surface area contributed by atoms with E-state index >= 15 is 0 Å². The monoisotopic (exact) mass is 306 g/mol. The van der Waals surface area contributed by atoms with Gasteiger partial charge in [-0.25, -0.2) is 9.97 Å². The summed E-state index contributed by atoms with van der Waals surface area (Å²) in [7, 11) is 0. The van der Waals surface area contributed by atoms with Gasteiger partial charge in [0, 0.05) is 25.2 Å². The number of carbonyl (C=O) groups excluding carboxylic acids is 2. The molecule has 1 fully saturated rings. The quantitative estimate of drug-likeness (QED) is 0.401. The summed E-state index contributed by atoms with van der Waals surface area (Å²) in [5.74, 6) is -0.342. The number of amides is 2. The molecule has 0 atom stereocenters. The molecule has 0 radical (unpaired) electrons. The largest absolute Gasteiger partial charge is 0.410 e. The van der Waals surface area contributed by atoms with E-state index in [-0.39, 0.29) is 23.4 Å². The summed E-state index contributed by atoms with van der Waals surface area (Å²) in [4.78, 5) is 32.4. The molecule has 1 aromatic rings. The van der Waals surface area contributed by atoms with Gasteiger partial charge >= 0.3 is 0 Å². The number of nitrogens with one attached hydrogen (secondary N) is 1. The van der Waals surface area contributed by atoms with Gasteiger partial charge in [0.25, 0.3) is 11.8 Å². The number of anilines is 1. The normalized spacial score (nSPS) is 16.4. The van der Waals surface area contributed by atoms with E-state index in [4.69, 9.17) is 10.9 Å². The predicted molar refractivity (Wildman–Crippen MR) is 78.7 cm³/mol. The number of piperidine rings is 1. The number of rotatable bonds is 4. The number of hydrogen-bond donors (Lipinski definition) is 3. The standard InChI is InChI=1S/C13H18N6O3/c1-8(18-22)13(21)19-4-2-9(3-5-19)17-11-6-10(12(14)20)15-7-16-11/h6-7,9,22H,2-5H2,1H3,(H2,14,20)(H,15,16,17). The second-order valence-electron chi connectivity index (χ2n) is 5.05. The maximum absolute atomic E-state index is 11.9. The van der Waals surface area contributed by atoms with Crippen molar-refractivity contribution in [2.75, 3.05) is 18.4 Å².